The maximum Gasteiger partial charge on any atom is 0.193 e. The quantitative estimate of drug-likeness (QED) is 0.575. The van der Waals surface area contributed by atoms with Crippen LogP contribution in [0.4, 0.5) is 0 Å². The van der Waals surface area contributed by atoms with Crippen molar-refractivity contribution >= 4 is 5.96 Å². The molecule has 0 aromatic rings. The smallest absolute Gasteiger partial charge is 0.193 e. The molecule has 0 amide bonds. The van der Waals surface area contributed by atoms with Crippen molar-refractivity contribution in [3.63, 3.8) is 0 Å². The molecular formula is C18H36N4O. The summed E-state index contributed by atoms with van der Waals surface area (Å²) >= 11 is 0. The highest BCUT2D eigenvalue weighted by Crippen LogP contribution is 2.20. The van der Waals surface area contributed by atoms with Gasteiger partial charge in [0, 0.05) is 39.2 Å². The van der Waals surface area contributed by atoms with Gasteiger partial charge in [-0.1, -0.05) is 6.92 Å². The van der Waals surface area contributed by atoms with Gasteiger partial charge in [0.2, 0.25) is 0 Å². The maximum absolute atomic E-state index is 5.30. The van der Waals surface area contributed by atoms with E-state index in [2.05, 4.69) is 29.0 Å². The summed E-state index contributed by atoms with van der Waals surface area (Å²) in [5.41, 5.74) is 0. The Balaban J connectivity index is 1.76. The second-order valence-corrected chi connectivity index (χ2v) is 6.96. The topological polar surface area (TPSA) is 40.1 Å². The maximum atomic E-state index is 5.30. The van der Waals surface area contributed by atoms with Crippen molar-refractivity contribution in [2.24, 2.45) is 16.8 Å². The minimum atomic E-state index is 0.655. The highest BCUT2D eigenvalue weighted by atomic mass is 16.5. The molecular weight excluding hydrogens is 288 g/mol. The molecule has 2 aliphatic rings. The molecule has 1 unspecified atom stereocenters. The zero-order valence-electron chi connectivity index (χ0n) is 15.4. The number of aliphatic imine (C=N–C) groups is 1. The minimum absolute atomic E-state index is 0.655. The van der Waals surface area contributed by atoms with Gasteiger partial charge in [0.25, 0.3) is 0 Å². The van der Waals surface area contributed by atoms with Gasteiger partial charge in [0.05, 0.1) is 6.61 Å². The molecule has 0 radical (unpaired) electrons. The Morgan fingerprint density at radius 1 is 1.13 bits per heavy atom. The molecule has 23 heavy (non-hydrogen) atoms. The second-order valence-electron chi connectivity index (χ2n) is 6.96. The number of nitrogens with zero attached hydrogens (tertiary/aromatic N) is 3. The first-order valence-electron chi connectivity index (χ1n) is 9.51. The lowest BCUT2D eigenvalue weighted by molar-refractivity contribution is 0.157. The average Bonchev–Trinajstić information content (AvgIpc) is 3.03. The Kier molecular flexibility index (Phi) is 8.17. The molecule has 0 aliphatic carbocycles. The normalized spacial score (nSPS) is 24.4. The average molecular weight is 325 g/mol. The number of methoxy groups -OCH3 is 1. The SMILES string of the molecule is CCNC(=NCCC1CCN(CC)CC1)N1CCC(COC)C1. The summed E-state index contributed by atoms with van der Waals surface area (Å²) in [6, 6.07) is 0. The number of hydrogen-bond acceptors (Lipinski definition) is 3. The van der Waals surface area contributed by atoms with Gasteiger partial charge in [-0.15, -0.1) is 0 Å². The van der Waals surface area contributed by atoms with Crippen LogP contribution >= 0.6 is 0 Å². The summed E-state index contributed by atoms with van der Waals surface area (Å²) < 4.78 is 5.30. The Morgan fingerprint density at radius 2 is 1.87 bits per heavy atom. The van der Waals surface area contributed by atoms with Gasteiger partial charge in [-0.3, -0.25) is 4.99 Å². The molecule has 2 heterocycles. The minimum Gasteiger partial charge on any atom is -0.384 e. The molecule has 2 rings (SSSR count). The summed E-state index contributed by atoms with van der Waals surface area (Å²) in [7, 11) is 1.80. The van der Waals surface area contributed by atoms with Crippen LogP contribution in [0.25, 0.3) is 0 Å². The van der Waals surface area contributed by atoms with Crippen molar-refractivity contribution in [1.82, 2.24) is 15.1 Å². The summed E-state index contributed by atoms with van der Waals surface area (Å²) in [5.74, 6) is 2.63. The fourth-order valence-corrected chi connectivity index (χ4v) is 3.77. The van der Waals surface area contributed by atoms with Crippen LogP contribution in [0, 0.1) is 11.8 Å². The molecule has 2 fully saturated rings. The predicted molar refractivity (Wildman–Crippen MR) is 97.0 cm³/mol. The van der Waals surface area contributed by atoms with E-state index < -0.39 is 0 Å². The Labute approximate surface area is 142 Å². The Morgan fingerprint density at radius 3 is 2.52 bits per heavy atom. The van der Waals surface area contributed by atoms with Crippen molar-refractivity contribution in [3.05, 3.63) is 0 Å². The lowest BCUT2D eigenvalue weighted by Crippen LogP contribution is -2.40. The molecule has 0 saturated carbocycles. The third-order valence-corrected chi connectivity index (χ3v) is 5.28. The van der Waals surface area contributed by atoms with Gasteiger partial charge in [0.15, 0.2) is 5.96 Å². The molecule has 0 aromatic heterocycles. The lowest BCUT2D eigenvalue weighted by atomic mass is 9.94. The molecule has 0 spiro atoms. The molecule has 1 atom stereocenters. The van der Waals surface area contributed by atoms with Gasteiger partial charge in [-0.05, 0) is 58.2 Å². The number of likely N-dealkylation sites (tertiary alicyclic amines) is 2. The predicted octanol–water partition coefficient (Wildman–Crippen LogP) is 2.04. The van der Waals surface area contributed by atoms with Crippen LogP contribution < -0.4 is 5.32 Å². The molecule has 0 bridgehead atoms. The molecule has 134 valence electrons. The lowest BCUT2D eigenvalue weighted by Gasteiger charge is -2.30. The molecule has 2 saturated heterocycles. The van der Waals surface area contributed by atoms with Gasteiger partial charge >= 0.3 is 0 Å². The van der Waals surface area contributed by atoms with E-state index in [-0.39, 0.29) is 0 Å². The number of ether oxygens (including phenoxy) is 1. The molecule has 5 heteroatoms. The number of guanidine groups is 1. The van der Waals surface area contributed by atoms with E-state index in [1.165, 1.54) is 45.3 Å². The molecule has 0 aromatic carbocycles. The third-order valence-electron chi connectivity index (χ3n) is 5.28. The van der Waals surface area contributed by atoms with E-state index in [1.807, 2.05) is 0 Å². The number of hydrogen-bond donors (Lipinski definition) is 1. The van der Waals surface area contributed by atoms with Crippen molar-refractivity contribution in [2.75, 3.05) is 59.5 Å². The van der Waals surface area contributed by atoms with E-state index in [0.29, 0.717) is 5.92 Å². The highest BCUT2D eigenvalue weighted by Gasteiger charge is 2.24. The van der Waals surface area contributed by atoms with E-state index in [1.54, 1.807) is 7.11 Å². The Hall–Kier alpha value is -0.810. The number of nitrogens with one attached hydrogen (secondary N) is 1. The van der Waals surface area contributed by atoms with Gasteiger partial charge < -0.3 is 19.9 Å². The first-order chi connectivity index (χ1) is 11.3. The van der Waals surface area contributed by atoms with Crippen LogP contribution in [-0.2, 0) is 4.74 Å². The second kappa shape index (κ2) is 10.1. The van der Waals surface area contributed by atoms with E-state index in [4.69, 9.17) is 9.73 Å². The standard InChI is InChI=1S/C18H36N4O/c1-4-19-18(22-13-9-17(14-22)15-23-3)20-10-6-16-7-11-21(5-2)12-8-16/h16-17H,4-15H2,1-3H3,(H,19,20). The highest BCUT2D eigenvalue weighted by molar-refractivity contribution is 5.80. The first-order valence-corrected chi connectivity index (χ1v) is 9.51. The Bertz CT molecular complexity index is 353. The molecule has 2 aliphatic heterocycles. The number of rotatable bonds is 7. The summed E-state index contributed by atoms with van der Waals surface area (Å²) in [6.07, 6.45) is 5.15. The van der Waals surface area contributed by atoms with Crippen LogP contribution in [0.1, 0.15) is 39.5 Å². The van der Waals surface area contributed by atoms with Crippen LogP contribution in [0.2, 0.25) is 0 Å². The van der Waals surface area contributed by atoms with E-state index in [0.717, 1.165) is 44.7 Å². The fraction of sp³-hybridized carbons (Fsp3) is 0.944. The van der Waals surface area contributed by atoms with Gasteiger partial charge in [0.1, 0.15) is 0 Å². The largest absolute Gasteiger partial charge is 0.384 e. The van der Waals surface area contributed by atoms with Crippen LogP contribution in [0.5, 0.6) is 0 Å². The first kappa shape index (κ1) is 18.5. The summed E-state index contributed by atoms with van der Waals surface area (Å²) in [6.45, 7) is 13.1. The van der Waals surface area contributed by atoms with Crippen LogP contribution in [0.15, 0.2) is 4.99 Å². The van der Waals surface area contributed by atoms with Gasteiger partial charge in [-0.2, -0.15) is 0 Å². The van der Waals surface area contributed by atoms with Crippen molar-refractivity contribution in [3.8, 4) is 0 Å². The molecule has 1 N–H and O–H groups in total. The third kappa shape index (κ3) is 5.96. The van der Waals surface area contributed by atoms with Crippen molar-refractivity contribution in [1.29, 1.82) is 0 Å². The monoisotopic (exact) mass is 324 g/mol. The fourth-order valence-electron chi connectivity index (χ4n) is 3.77. The van der Waals surface area contributed by atoms with E-state index in [9.17, 15) is 0 Å². The van der Waals surface area contributed by atoms with Crippen molar-refractivity contribution < 1.29 is 4.74 Å². The van der Waals surface area contributed by atoms with Crippen molar-refractivity contribution in [2.45, 2.75) is 39.5 Å². The zero-order chi connectivity index (χ0) is 16.5. The van der Waals surface area contributed by atoms with E-state index >= 15 is 0 Å². The van der Waals surface area contributed by atoms with Gasteiger partial charge in [-0.25, -0.2) is 0 Å². The zero-order valence-corrected chi connectivity index (χ0v) is 15.4. The number of piperidine rings is 1. The summed E-state index contributed by atoms with van der Waals surface area (Å²) in [4.78, 5) is 9.87. The molecule has 5 nitrogen and oxygen atoms in total. The van der Waals surface area contributed by atoms with Crippen LogP contribution in [-0.4, -0.2) is 75.3 Å². The summed E-state index contributed by atoms with van der Waals surface area (Å²) in [5, 5.41) is 3.47. The van der Waals surface area contributed by atoms with Crippen LogP contribution in [0.3, 0.4) is 0 Å².